The van der Waals surface area contributed by atoms with E-state index in [1.165, 1.54) is 6.42 Å². The molecule has 0 atom stereocenters. The molecule has 0 spiro atoms. The monoisotopic (exact) mass is 286 g/mol. The Balaban J connectivity index is -0.0000000183. The molecule has 0 radical (unpaired) electrons. The topological polar surface area (TPSA) is 0 Å². The SMILES string of the molecule is C.[CH2-]C.[CH2-]CCC.[W+2]. The molecule has 0 nitrogen and oxygen atoms in total. The van der Waals surface area contributed by atoms with Crippen molar-refractivity contribution in [1.82, 2.24) is 0 Å². The van der Waals surface area contributed by atoms with Crippen molar-refractivity contribution >= 4 is 0 Å². The fraction of sp³-hybridized carbons (Fsp3) is 0.714. The van der Waals surface area contributed by atoms with Gasteiger partial charge in [0.05, 0.1) is 0 Å². The van der Waals surface area contributed by atoms with Crippen LogP contribution in [0, 0.1) is 13.8 Å². The largest absolute Gasteiger partial charge is 2.00 e. The normalized spacial score (nSPS) is 4.50. The van der Waals surface area contributed by atoms with Gasteiger partial charge in [0.15, 0.2) is 0 Å². The molecule has 52 valence electrons. The minimum Gasteiger partial charge on any atom is -0.346 e. The summed E-state index contributed by atoms with van der Waals surface area (Å²) in [6, 6.07) is 0. The summed E-state index contributed by atoms with van der Waals surface area (Å²) >= 11 is 0. The fourth-order valence-electron chi connectivity index (χ4n) is 0. The van der Waals surface area contributed by atoms with Gasteiger partial charge in [0.25, 0.3) is 0 Å². The molecule has 0 saturated heterocycles. The quantitative estimate of drug-likeness (QED) is 0.650. The van der Waals surface area contributed by atoms with Gasteiger partial charge in [-0.2, -0.15) is 13.3 Å². The molecule has 0 fully saturated rings. The molecule has 0 N–H and O–H groups in total. The molecule has 0 aliphatic rings. The van der Waals surface area contributed by atoms with Gasteiger partial charge in [-0.1, -0.05) is 20.8 Å². The molecule has 8 heavy (non-hydrogen) atoms. The van der Waals surface area contributed by atoms with E-state index < -0.39 is 0 Å². The van der Waals surface area contributed by atoms with Crippen molar-refractivity contribution in [3.8, 4) is 0 Å². The summed E-state index contributed by atoms with van der Waals surface area (Å²) in [4.78, 5) is 0. The van der Waals surface area contributed by atoms with Crippen molar-refractivity contribution in [2.45, 2.75) is 34.1 Å². The molecule has 0 heterocycles. The first-order valence-electron chi connectivity index (χ1n) is 2.41. The van der Waals surface area contributed by atoms with Crippen LogP contribution >= 0.6 is 0 Å². The Morgan fingerprint density at radius 1 is 1.25 bits per heavy atom. The predicted molar refractivity (Wildman–Crippen MR) is 38.0 cm³/mol. The molecule has 0 aliphatic heterocycles. The van der Waals surface area contributed by atoms with Gasteiger partial charge < -0.3 is 13.8 Å². The molecular formula is C7H18W. The van der Waals surface area contributed by atoms with E-state index >= 15 is 0 Å². The van der Waals surface area contributed by atoms with Crippen LogP contribution in [-0.2, 0) is 21.1 Å². The second-order valence-corrected chi connectivity index (χ2v) is 0.854. The standard InChI is InChI=1S/C4H9.C2H5.CH4.W/c1-3-4-2;1-2;;/h1,3-4H2,2H3;1H2,2H3;1H4;/q2*-1;;+2. The Kier molecular flexibility index (Phi) is 139. The Hall–Kier alpha value is 0.688. The summed E-state index contributed by atoms with van der Waals surface area (Å²) in [6.07, 6.45) is 2.28. The Morgan fingerprint density at radius 2 is 1.38 bits per heavy atom. The van der Waals surface area contributed by atoms with Crippen molar-refractivity contribution < 1.29 is 21.1 Å². The third kappa shape index (κ3) is 75.9. The number of rotatable bonds is 1. The zero-order valence-corrected chi connectivity index (χ0v) is 8.17. The Bertz CT molecular complexity index is 6.35. The molecule has 1 heteroatoms. The van der Waals surface area contributed by atoms with Crippen LogP contribution in [0.5, 0.6) is 0 Å². The van der Waals surface area contributed by atoms with Crippen LogP contribution in [0.2, 0.25) is 0 Å². The van der Waals surface area contributed by atoms with Gasteiger partial charge in [-0.25, -0.2) is 0 Å². The van der Waals surface area contributed by atoms with E-state index in [0.29, 0.717) is 0 Å². The van der Waals surface area contributed by atoms with E-state index in [4.69, 9.17) is 0 Å². The molecule has 0 unspecified atom stereocenters. The van der Waals surface area contributed by atoms with Gasteiger partial charge >= 0.3 is 21.1 Å². The van der Waals surface area contributed by atoms with E-state index in [9.17, 15) is 0 Å². The van der Waals surface area contributed by atoms with Crippen LogP contribution in [0.1, 0.15) is 34.1 Å². The van der Waals surface area contributed by atoms with Crippen LogP contribution in [0.15, 0.2) is 0 Å². The van der Waals surface area contributed by atoms with E-state index in [1.807, 2.05) is 0 Å². The molecule has 0 aromatic carbocycles. The van der Waals surface area contributed by atoms with Crippen LogP contribution in [0.25, 0.3) is 0 Å². The smallest absolute Gasteiger partial charge is 0.346 e. The average molecular weight is 286 g/mol. The zero-order chi connectivity index (χ0) is 5.41. The van der Waals surface area contributed by atoms with Crippen LogP contribution in [0.3, 0.4) is 0 Å². The van der Waals surface area contributed by atoms with Gasteiger partial charge in [0.1, 0.15) is 0 Å². The van der Waals surface area contributed by atoms with Crippen molar-refractivity contribution in [3.05, 3.63) is 13.8 Å². The van der Waals surface area contributed by atoms with Gasteiger partial charge in [0.2, 0.25) is 0 Å². The van der Waals surface area contributed by atoms with E-state index in [0.717, 1.165) is 6.42 Å². The van der Waals surface area contributed by atoms with Crippen LogP contribution in [0.4, 0.5) is 0 Å². The summed E-state index contributed by atoms with van der Waals surface area (Å²) in [6.45, 7) is 10.7. The maximum atomic E-state index is 3.60. The van der Waals surface area contributed by atoms with E-state index in [2.05, 4.69) is 20.8 Å². The van der Waals surface area contributed by atoms with Gasteiger partial charge in [0, 0.05) is 0 Å². The first-order chi connectivity index (χ1) is 2.91. The van der Waals surface area contributed by atoms with Crippen molar-refractivity contribution in [3.63, 3.8) is 0 Å². The first-order valence-corrected chi connectivity index (χ1v) is 2.41. The molecule has 0 amide bonds. The third-order valence-corrected chi connectivity index (χ3v) is 0.354. The molecule has 0 bridgehead atoms. The summed E-state index contributed by atoms with van der Waals surface area (Å²) in [5.74, 6) is 0. The minimum absolute atomic E-state index is 0. The summed E-state index contributed by atoms with van der Waals surface area (Å²) in [5.41, 5.74) is 0. The van der Waals surface area contributed by atoms with E-state index in [1.54, 1.807) is 6.92 Å². The maximum Gasteiger partial charge on any atom is 2.00 e. The summed E-state index contributed by atoms with van der Waals surface area (Å²) in [5, 5.41) is 0. The number of hydrogen-bond donors (Lipinski definition) is 0. The summed E-state index contributed by atoms with van der Waals surface area (Å²) in [7, 11) is 0. The van der Waals surface area contributed by atoms with E-state index in [-0.39, 0.29) is 28.5 Å². The molecule has 0 aliphatic carbocycles. The molecule has 0 aromatic heterocycles. The third-order valence-electron chi connectivity index (χ3n) is 0.354. The van der Waals surface area contributed by atoms with Crippen molar-refractivity contribution in [2.75, 3.05) is 0 Å². The van der Waals surface area contributed by atoms with Crippen molar-refractivity contribution in [2.24, 2.45) is 0 Å². The van der Waals surface area contributed by atoms with Gasteiger partial charge in [-0.15, -0.1) is 0 Å². The molecule has 0 aromatic rings. The Labute approximate surface area is 69.3 Å². The predicted octanol–water partition coefficient (Wildman–Crippen LogP) is 3.09. The molecular weight excluding hydrogens is 268 g/mol. The van der Waals surface area contributed by atoms with Crippen molar-refractivity contribution in [1.29, 1.82) is 0 Å². The molecule has 0 saturated carbocycles. The zero-order valence-electron chi connectivity index (χ0n) is 5.24. The summed E-state index contributed by atoms with van der Waals surface area (Å²) < 4.78 is 0. The second kappa shape index (κ2) is 47.6. The van der Waals surface area contributed by atoms with Gasteiger partial charge in [-0.05, 0) is 0 Å². The first kappa shape index (κ1) is 23.4. The second-order valence-electron chi connectivity index (χ2n) is 0.854. The van der Waals surface area contributed by atoms with Crippen LogP contribution < -0.4 is 0 Å². The average Bonchev–Trinajstić information content (AvgIpc) is 1.72. The molecule has 0 rings (SSSR count). The fourth-order valence-corrected chi connectivity index (χ4v) is 0. The maximum absolute atomic E-state index is 3.60. The minimum atomic E-state index is 0. The number of hydrogen-bond acceptors (Lipinski definition) is 0. The Morgan fingerprint density at radius 3 is 1.38 bits per heavy atom. The van der Waals surface area contributed by atoms with Crippen LogP contribution in [-0.4, -0.2) is 0 Å². The van der Waals surface area contributed by atoms with Gasteiger partial charge in [-0.3, -0.25) is 0 Å². The number of unbranched alkanes of at least 4 members (excludes halogenated alkanes) is 1.